The standard InChI is InChI=1S/C17H20BrN5/c1-11-5-6-13(18)7-12(11)8-19-15-14-9-22-23(17(2,3)4)16(14)21-10-20-15/h5-7,9-10H,8H2,1-4H3,(H,19,20,21). The number of nitrogens with zero attached hydrogens (tertiary/aromatic N) is 4. The van der Waals surface area contributed by atoms with Crippen LogP contribution < -0.4 is 5.32 Å². The van der Waals surface area contributed by atoms with Gasteiger partial charge >= 0.3 is 0 Å². The van der Waals surface area contributed by atoms with Crippen LogP contribution in [0.2, 0.25) is 0 Å². The first-order chi connectivity index (χ1) is 10.9. The zero-order valence-corrected chi connectivity index (χ0v) is 15.3. The summed E-state index contributed by atoms with van der Waals surface area (Å²) in [5, 5.41) is 8.83. The van der Waals surface area contributed by atoms with Crippen LogP contribution >= 0.6 is 15.9 Å². The van der Waals surface area contributed by atoms with Crippen LogP contribution in [0.1, 0.15) is 31.9 Å². The SMILES string of the molecule is Cc1ccc(Br)cc1CNc1ncnc2c1cnn2C(C)(C)C. The molecular formula is C17H20BrN5. The van der Waals surface area contributed by atoms with Crippen molar-refractivity contribution in [3.05, 3.63) is 46.3 Å². The van der Waals surface area contributed by atoms with E-state index < -0.39 is 0 Å². The highest BCUT2D eigenvalue weighted by atomic mass is 79.9. The maximum absolute atomic E-state index is 4.48. The van der Waals surface area contributed by atoms with E-state index in [-0.39, 0.29) is 5.54 Å². The lowest BCUT2D eigenvalue weighted by molar-refractivity contribution is 0.366. The van der Waals surface area contributed by atoms with Gasteiger partial charge in [0.15, 0.2) is 5.65 Å². The van der Waals surface area contributed by atoms with Crippen molar-refractivity contribution in [1.29, 1.82) is 0 Å². The van der Waals surface area contributed by atoms with Gasteiger partial charge < -0.3 is 5.32 Å². The largest absolute Gasteiger partial charge is 0.365 e. The van der Waals surface area contributed by atoms with Gasteiger partial charge in [0.25, 0.3) is 0 Å². The molecular weight excluding hydrogens is 354 g/mol. The van der Waals surface area contributed by atoms with Crippen molar-refractivity contribution in [2.75, 3.05) is 5.32 Å². The van der Waals surface area contributed by atoms with E-state index in [0.29, 0.717) is 6.54 Å². The van der Waals surface area contributed by atoms with Gasteiger partial charge in [-0.05, 0) is 51.0 Å². The van der Waals surface area contributed by atoms with Crippen molar-refractivity contribution < 1.29 is 0 Å². The molecule has 0 radical (unpaired) electrons. The highest BCUT2D eigenvalue weighted by Crippen LogP contribution is 2.25. The third-order valence-electron chi connectivity index (χ3n) is 3.76. The molecule has 5 nitrogen and oxygen atoms in total. The lowest BCUT2D eigenvalue weighted by atomic mass is 10.1. The van der Waals surface area contributed by atoms with Crippen molar-refractivity contribution in [2.45, 2.75) is 39.8 Å². The maximum Gasteiger partial charge on any atom is 0.163 e. The molecule has 0 amide bonds. The van der Waals surface area contributed by atoms with E-state index in [9.17, 15) is 0 Å². The molecule has 23 heavy (non-hydrogen) atoms. The highest BCUT2D eigenvalue weighted by Gasteiger charge is 2.19. The summed E-state index contributed by atoms with van der Waals surface area (Å²) >= 11 is 3.52. The van der Waals surface area contributed by atoms with E-state index in [1.807, 2.05) is 10.9 Å². The summed E-state index contributed by atoms with van der Waals surface area (Å²) < 4.78 is 3.01. The quantitative estimate of drug-likeness (QED) is 0.744. The molecule has 2 aromatic heterocycles. The van der Waals surface area contributed by atoms with Gasteiger partial charge in [0, 0.05) is 11.0 Å². The molecule has 0 saturated carbocycles. The van der Waals surface area contributed by atoms with Gasteiger partial charge in [-0.3, -0.25) is 0 Å². The molecule has 1 N–H and O–H groups in total. The zero-order valence-electron chi connectivity index (χ0n) is 13.8. The monoisotopic (exact) mass is 373 g/mol. The molecule has 0 saturated heterocycles. The summed E-state index contributed by atoms with van der Waals surface area (Å²) in [4.78, 5) is 8.78. The number of nitrogens with one attached hydrogen (secondary N) is 1. The van der Waals surface area contributed by atoms with Crippen molar-refractivity contribution in [3.8, 4) is 0 Å². The fraction of sp³-hybridized carbons (Fsp3) is 0.353. The summed E-state index contributed by atoms with van der Waals surface area (Å²) in [5.41, 5.74) is 3.21. The van der Waals surface area contributed by atoms with E-state index >= 15 is 0 Å². The first-order valence-electron chi connectivity index (χ1n) is 7.54. The Morgan fingerprint density at radius 2 is 2.00 bits per heavy atom. The number of aryl methyl sites for hydroxylation is 1. The van der Waals surface area contributed by atoms with Gasteiger partial charge in [0.05, 0.1) is 17.1 Å². The number of halogens is 1. The molecule has 0 spiro atoms. The van der Waals surface area contributed by atoms with Gasteiger partial charge in [-0.1, -0.05) is 22.0 Å². The van der Waals surface area contributed by atoms with Crippen molar-refractivity contribution in [1.82, 2.24) is 19.7 Å². The second-order valence-electron chi connectivity index (χ2n) is 6.61. The van der Waals surface area contributed by atoms with E-state index in [4.69, 9.17) is 0 Å². The summed E-state index contributed by atoms with van der Waals surface area (Å²) in [6, 6.07) is 6.28. The Labute approximate surface area is 144 Å². The van der Waals surface area contributed by atoms with Crippen LogP contribution in [0.5, 0.6) is 0 Å². The van der Waals surface area contributed by atoms with Gasteiger partial charge in [-0.25, -0.2) is 14.6 Å². The molecule has 0 unspecified atom stereocenters. The van der Waals surface area contributed by atoms with Crippen molar-refractivity contribution >= 4 is 32.8 Å². The Balaban J connectivity index is 1.92. The number of hydrogen-bond donors (Lipinski definition) is 1. The topological polar surface area (TPSA) is 55.6 Å². The van der Waals surface area contributed by atoms with Gasteiger partial charge in [0.1, 0.15) is 12.1 Å². The summed E-state index contributed by atoms with van der Waals surface area (Å²) in [6.07, 6.45) is 3.42. The molecule has 0 bridgehead atoms. The number of benzene rings is 1. The van der Waals surface area contributed by atoms with Crippen LogP contribution in [-0.2, 0) is 12.1 Å². The highest BCUT2D eigenvalue weighted by molar-refractivity contribution is 9.10. The number of hydrogen-bond acceptors (Lipinski definition) is 4. The molecule has 0 aliphatic carbocycles. The third kappa shape index (κ3) is 3.22. The van der Waals surface area contributed by atoms with E-state index in [2.05, 4.69) is 82.2 Å². The Kier molecular flexibility index (Phi) is 4.10. The number of aromatic nitrogens is 4. The number of fused-ring (bicyclic) bond motifs is 1. The minimum absolute atomic E-state index is 0.117. The second kappa shape index (κ2) is 5.92. The van der Waals surface area contributed by atoms with E-state index in [1.54, 1.807) is 6.33 Å². The molecule has 120 valence electrons. The van der Waals surface area contributed by atoms with Gasteiger partial charge in [-0.15, -0.1) is 0 Å². The molecule has 3 aromatic rings. The number of anilines is 1. The van der Waals surface area contributed by atoms with Crippen LogP contribution in [0, 0.1) is 6.92 Å². The summed E-state index contributed by atoms with van der Waals surface area (Å²) in [7, 11) is 0. The molecule has 6 heteroatoms. The Hall–Kier alpha value is -1.95. The average Bonchev–Trinajstić information content (AvgIpc) is 2.93. The Bertz CT molecular complexity index is 848. The minimum atomic E-state index is -0.117. The van der Waals surface area contributed by atoms with Crippen LogP contribution in [-0.4, -0.2) is 19.7 Å². The molecule has 2 heterocycles. The molecule has 1 aromatic carbocycles. The molecule has 0 aliphatic rings. The third-order valence-corrected chi connectivity index (χ3v) is 4.25. The van der Waals surface area contributed by atoms with Gasteiger partial charge in [-0.2, -0.15) is 5.10 Å². The smallest absolute Gasteiger partial charge is 0.163 e. The van der Waals surface area contributed by atoms with Gasteiger partial charge in [0.2, 0.25) is 0 Å². The van der Waals surface area contributed by atoms with Crippen LogP contribution in [0.4, 0.5) is 5.82 Å². The molecule has 0 fully saturated rings. The normalized spacial score (nSPS) is 11.9. The zero-order chi connectivity index (χ0) is 16.6. The maximum atomic E-state index is 4.48. The first kappa shape index (κ1) is 15.9. The van der Waals surface area contributed by atoms with Crippen LogP contribution in [0.3, 0.4) is 0 Å². The minimum Gasteiger partial charge on any atom is -0.365 e. The van der Waals surface area contributed by atoms with Crippen molar-refractivity contribution in [2.24, 2.45) is 0 Å². The van der Waals surface area contributed by atoms with Crippen LogP contribution in [0.25, 0.3) is 11.0 Å². The number of rotatable bonds is 3. The first-order valence-corrected chi connectivity index (χ1v) is 8.33. The van der Waals surface area contributed by atoms with Crippen molar-refractivity contribution in [3.63, 3.8) is 0 Å². The fourth-order valence-corrected chi connectivity index (χ4v) is 2.89. The molecule has 3 rings (SSSR count). The Morgan fingerprint density at radius 3 is 2.74 bits per heavy atom. The lowest BCUT2D eigenvalue weighted by Gasteiger charge is -2.19. The molecule has 0 atom stereocenters. The molecule has 0 aliphatic heterocycles. The van der Waals surface area contributed by atoms with E-state index in [1.165, 1.54) is 11.1 Å². The Morgan fingerprint density at radius 1 is 1.22 bits per heavy atom. The fourth-order valence-electron chi connectivity index (χ4n) is 2.49. The predicted octanol–water partition coefficient (Wildman–Crippen LogP) is 4.26. The van der Waals surface area contributed by atoms with E-state index in [0.717, 1.165) is 21.3 Å². The van der Waals surface area contributed by atoms with Crippen LogP contribution in [0.15, 0.2) is 35.2 Å². The summed E-state index contributed by atoms with van der Waals surface area (Å²) in [6.45, 7) is 9.15. The summed E-state index contributed by atoms with van der Waals surface area (Å²) in [5.74, 6) is 0.810. The predicted molar refractivity (Wildman–Crippen MR) is 96.5 cm³/mol. The second-order valence-corrected chi connectivity index (χ2v) is 7.53. The average molecular weight is 374 g/mol. The lowest BCUT2D eigenvalue weighted by Crippen LogP contribution is -2.23.